The molecule has 2 aromatic rings. The van der Waals surface area contributed by atoms with Crippen molar-refractivity contribution in [3.8, 4) is 0 Å². The van der Waals surface area contributed by atoms with Gasteiger partial charge in [0.25, 0.3) is 0 Å². The zero-order chi connectivity index (χ0) is 17.2. The van der Waals surface area contributed by atoms with E-state index >= 15 is 0 Å². The SMILES string of the molecule is CCn1c(SCC(=O)NC2CCCc3ccccc32)nnc1C1CC1. The van der Waals surface area contributed by atoms with Gasteiger partial charge in [0.2, 0.25) is 5.91 Å². The summed E-state index contributed by atoms with van der Waals surface area (Å²) < 4.78 is 2.16. The normalized spacial score (nSPS) is 19.5. The Morgan fingerprint density at radius 1 is 1.28 bits per heavy atom. The Labute approximate surface area is 152 Å². The monoisotopic (exact) mass is 356 g/mol. The third kappa shape index (κ3) is 3.59. The number of fused-ring (bicyclic) bond motifs is 1. The zero-order valence-corrected chi connectivity index (χ0v) is 15.4. The Hall–Kier alpha value is -1.82. The molecule has 0 saturated heterocycles. The summed E-state index contributed by atoms with van der Waals surface area (Å²) in [6.45, 7) is 2.97. The molecule has 5 nitrogen and oxygen atoms in total. The van der Waals surface area contributed by atoms with Crippen molar-refractivity contribution >= 4 is 17.7 Å². The van der Waals surface area contributed by atoms with Gasteiger partial charge in [-0.2, -0.15) is 0 Å². The van der Waals surface area contributed by atoms with Crippen molar-refractivity contribution in [1.82, 2.24) is 20.1 Å². The smallest absolute Gasteiger partial charge is 0.230 e. The van der Waals surface area contributed by atoms with E-state index in [1.807, 2.05) is 0 Å². The number of nitrogens with zero attached hydrogens (tertiary/aromatic N) is 3. The summed E-state index contributed by atoms with van der Waals surface area (Å²) in [6.07, 6.45) is 5.68. The molecule has 25 heavy (non-hydrogen) atoms. The van der Waals surface area contributed by atoms with Crippen LogP contribution in [0.4, 0.5) is 0 Å². The van der Waals surface area contributed by atoms with E-state index in [-0.39, 0.29) is 11.9 Å². The van der Waals surface area contributed by atoms with Crippen LogP contribution in [0.1, 0.15) is 61.5 Å². The third-order valence-corrected chi connectivity index (χ3v) is 6.01. The van der Waals surface area contributed by atoms with E-state index in [2.05, 4.69) is 51.3 Å². The molecule has 132 valence electrons. The Morgan fingerprint density at radius 2 is 2.12 bits per heavy atom. The first-order valence-electron chi connectivity index (χ1n) is 9.19. The minimum absolute atomic E-state index is 0.0744. The molecule has 1 saturated carbocycles. The molecule has 4 rings (SSSR count). The number of hydrogen-bond donors (Lipinski definition) is 1. The molecule has 1 fully saturated rings. The van der Waals surface area contributed by atoms with Crippen LogP contribution in [0.15, 0.2) is 29.4 Å². The molecule has 1 heterocycles. The quantitative estimate of drug-likeness (QED) is 0.805. The summed E-state index contributed by atoms with van der Waals surface area (Å²) in [7, 11) is 0. The Morgan fingerprint density at radius 3 is 2.92 bits per heavy atom. The number of carbonyl (C=O) groups is 1. The number of carbonyl (C=O) groups excluding carboxylic acids is 1. The van der Waals surface area contributed by atoms with Gasteiger partial charge in [-0.05, 0) is 50.2 Å². The molecule has 0 radical (unpaired) electrons. The number of aromatic nitrogens is 3. The Kier molecular flexibility index (Phi) is 4.79. The van der Waals surface area contributed by atoms with E-state index in [1.165, 1.54) is 35.7 Å². The lowest BCUT2D eigenvalue weighted by Gasteiger charge is -2.26. The van der Waals surface area contributed by atoms with Gasteiger partial charge < -0.3 is 9.88 Å². The van der Waals surface area contributed by atoms with Crippen LogP contribution in [0.25, 0.3) is 0 Å². The summed E-state index contributed by atoms with van der Waals surface area (Å²) in [6, 6.07) is 8.59. The Balaban J connectivity index is 1.37. The van der Waals surface area contributed by atoms with Crippen molar-refractivity contribution in [2.75, 3.05) is 5.75 Å². The van der Waals surface area contributed by atoms with Crippen LogP contribution in [0.2, 0.25) is 0 Å². The number of amides is 1. The fourth-order valence-corrected chi connectivity index (χ4v) is 4.44. The van der Waals surface area contributed by atoms with Crippen LogP contribution >= 0.6 is 11.8 Å². The number of hydrogen-bond acceptors (Lipinski definition) is 4. The maximum absolute atomic E-state index is 12.5. The lowest BCUT2D eigenvalue weighted by molar-refractivity contribution is -0.119. The number of thioether (sulfide) groups is 1. The van der Waals surface area contributed by atoms with Gasteiger partial charge in [-0.1, -0.05) is 36.0 Å². The highest BCUT2D eigenvalue weighted by molar-refractivity contribution is 7.99. The highest BCUT2D eigenvalue weighted by atomic mass is 32.2. The van der Waals surface area contributed by atoms with Crippen LogP contribution in [-0.4, -0.2) is 26.4 Å². The molecule has 1 aromatic carbocycles. The molecular formula is C19H24N4OS. The van der Waals surface area contributed by atoms with E-state index in [1.54, 1.807) is 0 Å². The first-order chi connectivity index (χ1) is 12.3. The second-order valence-electron chi connectivity index (χ2n) is 6.86. The first-order valence-corrected chi connectivity index (χ1v) is 10.2. The molecule has 2 aliphatic carbocycles. The van der Waals surface area contributed by atoms with Crippen molar-refractivity contribution in [3.63, 3.8) is 0 Å². The van der Waals surface area contributed by atoms with Gasteiger partial charge in [0.05, 0.1) is 11.8 Å². The van der Waals surface area contributed by atoms with Crippen LogP contribution < -0.4 is 5.32 Å². The molecule has 2 aliphatic rings. The summed E-state index contributed by atoms with van der Waals surface area (Å²) in [5, 5.41) is 12.7. The topological polar surface area (TPSA) is 59.8 Å². The lowest BCUT2D eigenvalue weighted by atomic mass is 9.88. The predicted molar refractivity (Wildman–Crippen MR) is 98.7 cm³/mol. The van der Waals surface area contributed by atoms with Gasteiger partial charge in [0.15, 0.2) is 5.16 Å². The molecule has 1 N–H and O–H groups in total. The maximum Gasteiger partial charge on any atom is 0.230 e. The largest absolute Gasteiger partial charge is 0.349 e. The van der Waals surface area contributed by atoms with Gasteiger partial charge in [-0.25, -0.2) is 0 Å². The van der Waals surface area contributed by atoms with E-state index in [0.717, 1.165) is 36.8 Å². The second-order valence-corrected chi connectivity index (χ2v) is 7.80. The fourth-order valence-electron chi connectivity index (χ4n) is 3.62. The number of rotatable bonds is 6. The van der Waals surface area contributed by atoms with Crippen molar-refractivity contribution in [1.29, 1.82) is 0 Å². The average Bonchev–Trinajstić information content (AvgIpc) is 3.40. The molecule has 6 heteroatoms. The molecule has 1 atom stereocenters. The van der Waals surface area contributed by atoms with Crippen molar-refractivity contribution in [2.24, 2.45) is 0 Å². The van der Waals surface area contributed by atoms with Crippen molar-refractivity contribution in [2.45, 2.75) is 62.7 Å². The van der Waals surface area contributed by atoms with E-state index in [9.17, 15) is 4.79 Å². The van der Waals surface area contributed by atoms with Crippen molar-refractivity contribution < 1.29 is 4.79 Å². The fraction of sp³-hybridized carbons (Fsp3) is 0.526. The molecule has 1 unspecified atom stereocenters. The number of nitrogens with one attached hydrogen (secondary N) is 1. The molecule has 1 amide bonds. The van der Waals surface area contributed by atoms with Gasteiger partial charge >= 0.3 is 0 Å². The van der Waals surface area contributed by atoms with E-state index < -0.39 is 0 Å². The lowest BCUT2D eigenvalue weighted by Crippen LogP contribution is -2.32. The average molecular weight is 356 g/mol. The number of benzene rings is 1. The van der Waals surface area contributed by atoms with Gasteiger partial charge in [-0.15, -0.1) is 10.2 Å². The van der Waals surface area contributed by atoms with E-state index in [4.69, 9.17) is 0 Å². The second kappa shape index (κ2) is 7.20. The minimum Gasteiger partial charge on any atom is -0.349 e. The zero-order valence-electron chi connectivity index (χ0n) is 14.6. The highest BCUT2D eigenvalue weighted by Crippen LogP contribution is 2.40. The first kappa shape index (κ1) is 16.6. The molecule has 1 aromatic heterocycles. The van der Waals surface area contributed by atoms with Crippen LogP contribution in [0.5, 0.6) is 0 Å². The van der Waals surface area contributed by atoms with Gasteiger partial charge in [0.1, 0.15) is 5.82 Å². The summed E-state index contributed by atoms with van der Waals surface area (Å²) in [5.41, 5.74) is 2.64. The summed E-state index contributed by atoms with van der Waals surface area (Å²) in [5.74, 6) is 2.13. The summed E-state index contributed by atoms with van der Waals surface area (Å²) in [4.78, 5) is 12.5. The van der Waals surface area contributed by atoms with Crippen LogP contribution in [-0.2, 0) is 17.8 Å². The van der Waals surface area contributed by atoms with Crippen LogP contribution in [0.3, 0.4) is 0 Å². The molecular weight excluding hydrogens is 332 g/mol. The van der Waals surface area contributed by atoms with E-state index in [0.29, 0.717) is 11.7 Å². The molecule has 0 aliphatic heterocycles. The minimum atomic E-state index is 0.0744. The summed E-state index contributed by atoms with van der Waals surface area (Å²) >= 11 is 1.49. The maximum atomic E-state index is 12.5. The highest BCUT2D eigenvalue weighted by Gasteiger charge is 2.30. The van der Waals surface area contributed by atoms with Crippen molar-refractivity contribution in [3.05, 3.63) is 41.2 Å². The third-order valence-electron chi connectivity index (χ3n) is 5.04. The van der Waals surface area contributed by atoms with Gasteiger partial charge in [0, 0.05) is 12.5 Å². The van der Waals surface area contributed by atoms with Crippen LogP contribution in [0, 0.1) is 0 Å². The Bertz CT molecular complexity index is 769. The van der Waals surface area contributed by atoms with Gasteiger partial charge in [-0.3, -0.25) is 4.79 Å². The number of aryl methyl sites for hydroxylation is 1. The molecule has 0 spiro atoms. The molecule has 0 bridgehead atoms. The predicted octanol–water partition coefficient (Wildman–Crippen LogP) is 3.46. The standard InChI is InChI=1S/C19H24N4OS/c1-2-23-18(14-10-11-14)21-22-19(23)25-12-17(24)20-16-9-5-7-13-6-3-4-8-15(13)16/h3-4,6,8,14,16H,2,5,7,9-12H2,1H3,(H,20,24).